The van der Waals surface area contributed by atoms with E-state index in [9.17, 15) is 8.42 Å². The van der Waals surface area contributed by atoms with Crippen LogP contribution in [0.15, 0.2) is 0 Å². The lowest BCUT2D eigenvalue weighted by molar-refractivity contribution is 0.263. The first-order valence-electron chi connectivity index (χ1n) is 3.30. The molecule has 0 N–H and O–H groups in total. The van der Waals surface area contributed by atoms with Crippen molar-refractivity contribution in [3.63, 3.8) is 0 Å². The lowest BCUT2D eigenvalue weighted by Gasteiger charge is -2.05. The summed E-state index contributed by atoms with van der Waals surface area (Å²) in [4.78, 5) is 0. The Kier molecular flexibility index (Phi) is 4.16. The van der Waals surface area contributed by atoms with E-state index in [1.165, 1.54) is 0 Å². The molecule has 3 nitrogen and oxygen atoms in total. The van der Waals surface area contributed by atoms with Crippen LogP contribution in [0.5, 0.6) is 0 Å². The topological polar surface area (TPSA) is 43.4 Å². The van der Waals surface area contributed by atoms with Crippen LogP contribution in [-0.2, 0) is 14.3 Å². The molecule has 0 aliphatic rings. The van der Waals surface area contributed by atoms with Crippen molar-refractivity contribution >= 4 is 10.1 Å². The van der Waals surface area contributed by atoms with Gasteiger partial charge in [-0.3, -0.25) is 4.18 Å². The lowest BCUT2D eigenvalue weighted by Crippen LogP contribution is -2.14. The van der Waals surface area contributed by atoms with Crippen molar-refractivity contribution in [2.75, 3.05) is 6.26 Å². The number of rotatable bonds is 3. The molecule has 0 radical (unpaired) electrons. The molecule has 11 heavy (non-hydrogen) atoms. The van der Waals surface area contributed by atoms with Crippen LogP contribution in [-0.4, -0.2) is 20.8 Å². The van der Waals surface area contributed by atoms with Crippen LogP contribution in [0.25, 0.3) is 0 Å². The molecule has 0 rings (SSSR count). The molecule has 0 aromatic carbocycles. The highest BCUT2D eigenvalue weighted by Gasteiger charge is 2.09. The van der Waals surface area contributed by atoms with Crippen molar-refractivity contribution in [1.29, 1.82) is 0 Å². The minimum Gasteiger partial charge on any atom is -0.254 e. The van der Waals surface area contributed by atoms with Gasteiger partial charge in [0.05, 0.1) is 6.26 Å². The van der Waals surface area contributed by atoms with E-state index in [-0.39, 0.29) is 0 Å². The van der Waals surface area contributed by atoms with Crippen molar-refractivity contribution in [1.82, 2.24) is 0 Å². The molecule has 0 aromatic heterocycles. The molecule has 0 amide bonds. The first-order valence-corrected chi connectivity index (χ1v) is 5.11. The smallest absolute Gasteiger partial charge is 0.254 e. The van der Waals surface area contributed by atoms with Crippen molar-refractivity contribution in [2.24, 2.45) is 0 Å². The zero-order valence-electron chi connectivity index (χ0n) is 6.92. The summed E-state index contributed by atoms with van der Waals surface area (Å²) in [6, 6.07) is 0. The molecular weight excluding hydrogens is 164 g/mol. The third-order valence-electron chi connectivity index (χ3n) is 0.967. The second-order valence-electron chi connectivity index (χ2n) is 2.09. The quantitative estimate of drug-likeness (QED) is 0.471. The highest BCUT2D eigenvalue weighted by atomic mass is 32.2. The van der Waals surface area contributed by atoms with E-state index in [0.717, 1.165) is 6.26 Å². The maximum Gasteiger partial charge on any atom is 0.265 e. The average Bonchev–Trinajstić information content (AvgIpc) is 1.84. The Morgan fingerprint density at radius 2 is 2.09 bits per heavy atom. The first-order chi connectivity index (χ1) is 4.99. The number of hydrogen-bond donors (Lipinski definition) is 0. The van der Waals surface area contributed by atoms with Crippen molar-refractivity contribution in [3.8, 4) is 11.8 Å². The highest BCUT2D eigenvalue weighted by molar-refractivity contribution is 7.86. The zero-order chi connectivity index (χ0) is 8.91. The van der Waals surface area contributed by atoms with Gasteiger partial charge in [0.2, 0.25) is 0 Å². The summed E-state index contributed by atoms with van der Waals surface area (Å²) in [7, 11) is -3.36. The van der Waals surface area contributed by atoms with Crippen LogP contribution in [0.3, 0.4) is 0 Å². The summed E-state index contributed by atoms with van der Waals surface area (Å²) < 4.78 is 25.8. The van der Waals surface area contributed by atoms with Crippen molar-refractivity contribution in [2.45, 2.75) is 26.4 Å². The van der Waals surface area contributed by atoms with Gasteiger partial charge in [0, 0.05) is 0 Å². The standard InChI is InChI=1S/C7H12O3S/c1-4-6-7(5-2)10-11(3,8)9/h7H,5H2,1-3H3. The molecule has 0 aliphatic heterocycles. The molecule has 0 aliphatic carbocycles. The second kappa shape index (κ2) is 4.37. The van der Waals surface area contributed by atoms with Gasteiger partial charge in [-0.25, -0.2) is 0 Å². The molecule has 1 atom stereocenters. The summed E-state index contributed by atoms with van der Waals surface area (Å²) >= 11 is 0. The Morgan fingerprint density at radius 1 is 1.55 bits per heavy atom. The van der Waals surface area contributed by atoms with Crippen molar-refractivity contribution < 1.29 is 12.6 Å². The van der Waals surface area contributed by atoms with Crippen LogP contribution in [0.1, 0.15) is 20.3 Å². The fourth-order valence-corrected chi connectivity index (χ4v) is 1.17. The summed E-state index contributed by atoms with van der Waals surface area (Å²) in [6.07, 6.45) is 1.11. The minimum absolute atomic E-state index is 0.491. The first kappa shape index (κ1) is 10.5. The van der Waals surface area contributed by atoms with E-state index in [4.69, 9.17) is 0 Å². The van der Waals surface area contributed by atoms with Crippen molar-refractivity contribution in [3.05, 3.63) is 0 Å². The van der Waals surface area contributed by atoms with E-state index in [2.05, 4.69) is 16.0 Å². The maximum atomic E-state index is 10.6. The van der Waals surface area contributed by atoms with Gasteiger partial charge in [-0.1, -0.05) is 12.8 Å². The highest BCUT2D eigenvalue weighted by Crippen LogP contribution is 2.00. The summed E-state index contributed by atoms with van der Waals surface area (Å²) in [5.74, 6) is 5.24. The minimum atomic E-state index is -3.36. The molecule has 0 bridgehead atoms. The molecule has 0 fully saturated rings. The average molecular weight is 176 g/mol. The summed E-state index contributed by atoms with van der Waals surface area (Å²) in [6.45, 7) is 3.47. The Labute approximate surface area is 67.9 Å². The molecule has 1 unspecified atom stereocenters. The van der Waals surface area contributed by atoms with Crippen LogP contribution < -0.4 is 0 Å². The van der Waals surface area contributed by atoms with E-state index in [0.29, 0.717) is 6.42 Å². The Morgan fingerprint density at radius 3 is 2.36 bits per heavy atom. The Balaban J connectivity index is 4.18. The second-order valence-corrected chi connectivity index (χ2v) is 3.69. The lowest BCUT2D eigenvalue weighted by atomic mass is 10.3. The molecule has 0 saturated heterocycles. The Hall–Kier alpha value is -0.530. The zero-order valence-corrected chi connectivity index (χ0v) is 7.73. The fourth-order valence-electron chi connectivity index (χ4n) is 0.566. The predicted molar refractivity (Wildman–Crippen MR) is 43.5 cm³/mol. The van der Waals surface area contributed by atoms with Gasteiger partial charge < -0.3 is 0 Å². The van der Waals surface area contributed by atoms with Crippen LogP contribution in [0.4, 0.5) is 0 Å². The summed E-state index contributed by atoms with van der Waals surface area (Å²) in [5, 5.41) is 0. The predicted octanol–water partition coefficient (Wildman–Crippen LogP) is 0.765. The van der Waals surface area contributed by atoms with Crippen LogP contribution in [0, 0.1) is 11.8 Å². The third kappa shape index (κ3) is 5.89. The largest absolute Gasteiger partial charge is 0.265 e. The molecule has 64 valence electrons. The normalized spacial score (nSPS) is 13.4. The number of hydrogen-bond acceptors (Lipinski definition) is 3. The third-order valence-corrected chi connectivity index (χ3v) is 1.55. The van der Waals surface area contributed by atoms with Gasteiger partial charge in [-0.05, 0) is 13.3 Å². The fraction of sp³-hybridized carbons (Fsp3) is 0.714. The molecule has 4 heteroatoms. The van der Waals surface area contributed by atoms with Gasteiger partial charge in [-0.15, -0.1) is 5.92 Å². The molecule has 0 spiro atoms. The van der Waals surface area contributed by atoms with E-state index in [1.807, 2.05) is 6.92 Å². The summed E-state index contributed by atoms with van der Waals surface area (Å²) in [5.41, 5.74) is 0. The molecular formula is C7H12O3S. The van der Waals surface area contributed by atoms with Crippen LogP contribution >= 0.6 is 0 Å². The van der Waals surface area contributed by atoms with Crippen LogP contribution in [0.2, 0.25) is 0 Å². The van der Waals surface area contributed by atoms with Gasteiger partial charge in [0.25, 0.3) is 10.1 Å². The SMILES string of the molecule is CC#CC(CC)OS(C)(=O)=O. The van der Waals surface area contributed by atoms with E-state index >= 15 is 0 Å². The Bertz CT molecular complexity index is 255. The monoisotopic (exact) mass is 176 g/mol. The molecule has 0 heterocycles. The van der Waals surface area contributed by atoms with Gasteiger partial charge in [-0.2, -0.15) is 8.42 Å². The van der Waals surface area contributed by atoms with Gasteiger partial charge >= 0.3 is 0 Å². The maximum absolute atomic E-state index is 10.6. The van der Waals surface area contributed by atoms with E-state index in [1.54, 1.807) is 6.92 Å². The molecule has 0 saturated carbocycles. The van der Waals surface area contributed by atoms with Gasteiger partial charge in [0.1, 0.15) is 6.10 Å². The van der Waals surface area contributed by atoms with Gasteiger partial charge in [0.15, 0.2) is 0 Å². The van der Waals surface area contributed by atoms with E-state index < -0.39 is 16.2 Å². The molecule has 0 aromatic rings.